The van der Waals surface area contributed by atoms with E-state index in [1.807, 2.05) is 53.4 Å². The second-order valence-corrected chi connectivity index (χ2v) is 8.19. The third-order valence-corrected chi connectivity index (χ3v) is 5.90. The molecule has 2 aliphatic rings. The number of rotatable bonds is 6. The van der Waals surface area contributed by atoms with Gasteiger partial charge in [-0.15, -0.1) is 0 Å². The molecule has 1 N–H and O–H groups in total. The second-order valence-electron chi connectivity index (χ2n) is 8.19. The van der Waals surface area contributed by atoms with Gasteiger partial charge < -0.3 is 19.9 Å². The van der Waals surface area contributed by atoms with Gasteiger partial charge in [-0.05, 0) is 49.1 Å². The lowest BCUT2D eigenvalue weighted by atomic mass is 10.1. The van der Waals surface area contributed by atoms with Gasteiger partial charge in [-0.1, -0.05) is 24.3 Å². The van der Waals surface area contributed by atoms with Crippen molar-refractivity contribution < 1.29 is 19.1 Å². The van der Waals surface area contributed by atoms with E-state index in [0.29, 0.717) is 31.0 Å². The number of hydrogen-bond acceptors (Lipinski definition) is 4. The van der Waals surface area contributed by atoms with Crippen LogP contribution in [0.15, 0.2) is 48.5 Å². The minimum Gasteiger partial charge on any atom is -0.490 e. The first-order valence-corrected chi connectivity index (χ1v) is 11.3. The molecule has 0 saturated carbocycles. The van der Waals surface area contributed by atoms with Crippen LogP contribution in [0.2, 0.25) is 0 Å². The molecule has 2 heterocycles. The predicted octanol–water partition coefficient (Wildman–Crippen LogP) is 3.13. The van der Waals surface area contributed by atoms with E-state index in [9.17, 15) is 14.4 Å². The first-order valence-electron chi connectivity index (χ1n) is 11.3. The molecule has 1 fully saturated rings. The number of amides is 3. The quantitative estimate of drug-likeness (QED) is 0.756. The van der Waals surface area contributed by atoms with Crippen LogP contribution in [0.4, 0.5) is 5.69 Å². The Morgan fingerprint density at radius 3 is 2.56 bits per heavy atom. The van der Waals surface area contributed by atoms with Crippen molar-refractivity contribution in [1.29, 1.82) is 0 Å². The van der Waals surface area contributed by atoms with Crippen molar-refractivity contribution in [3.05, 3.63) is 59.7 Å². The number of para-hydroxylation sites is 2. The molecule has 4 rings (SSSR count). The Kier molecular flexibility index (Phi) is 7.04. The Bertz CT molecular complexity index is 985. The van der Waals surface area contributed by atoms with Crippen LogP contribution in [0.1, 0.15) is 48.0 Å². The summed E-state index contributed by atoms with van der Waals surface area (Å²) in [6, 6.07) is 14.8. The zero-order valence-corrected chi connectivity index (χ0v) is 18.2. The molecule has 0 radical (unpaired) electrons. The Morgan fingerprint density at radius 2 is 1.72 bits per heavy atom. The smallest absolute Gasteiger partial charge is 0.253 e. The molecule has 3 amide bonds. The van der Waals surface area contributed by atoms with Crippen LogP contribution in [0.3, 0.4) is 0 Å². The number of nitrogens with one attached hydrogen (secondary N) is 1. The highest BCUT2D eigenvalue weighted by atomic mass is 16.5. The molecule has 0 spiro atoms. The molecule has 0 atom stereocenters. The van der Waals surface area contributed by atoms with E-state index >= 15 is 0 Å². The van der Waals surface area contributed by atoms with Gasteiger partial charge in [0.05, 0.1) is 12.2 Å². The fourth-order valence-corrected chi connectivity index (χ4v) is 4.17. The van der Waals surface area contributed by atoms with E-state index in [-0.39, 0.29) is 30.6 Å². The lowest BCUT2D eigenvalue weighted by Gasteiger charge is -2.29. The van der Waals surface area contributed by atoms with E-state index in [1.165, 1.54) is 6.42 Å². The summed E-state index contributed by atoms with van der Waals surface area (Å²) in [6.45, 7) is 2.87. The summed E-state index contributed by atoms with van der Waals surface area (Å²) in [5, 5.41) is 2.86. The Labute approximate surface area is 188 Å². The van der Waals surface area contributed by atoms with E-state index in [2.05, 4.69) is 5.32 Å². The molecule has 1 saturated heterocycles. The molecule has 0 unspecified atom stereocenters. The summed E-state index contributed by atoms with van der Waals surface area (Å²) in [4.78, 5) is 41.3. The van der Waals surface area contributed by atoms with Crippen molar-refractivity contribution in [3.63, 3.8) is 0 Å². The van der Waals surface area contributed by atoms with Gasteiger partial charge in [0.1, 0.15) is 12.4 Å². The van der Waals surface area contributed by atoms with Gasteiger partial charge in [-0.25, -0.2) is 0 Å². The van der Waals surface area contributed by atoms with Crippen LogP contribution < -0.4 is 15.0 Å². The normalized spacial score (nSPS) is 15.5. The highest BCUT2D eigenvalue weighted by Crippen LogP contribution is 2.31. The Hall–Kier alpha value is -3.35. The lowest BCUT2D eigenvalue weighted by molar-refractivity contribution is -0.125. The third-order valence-electron chi connectivity index (χ3n) is 5.90. The van der Waals surface area contributed by atoms with Crippen LogP contribution in [-0.4, -0.2) is 48.9 Å². The monoisotopic (exact) mass is 435 g/mol. The maximum absolute atomic E-state index is 12.7. The fraction of sp³-hybridized carbons (Fsp3) is 0.400. The summed E-state index contributed by atoms with van der Waals surface area (Å²) < 4.78 is 5.58. The Balaban J connectivity index is 1.26. The van der Waals surface area contributed by atoms with Crippen molar-refractivity contribution >= 4 is 23.4 Å². The number of ether oxygens (including phenoxy) is 1. The van der Waals surface area contributed by atoms with Gasteiger partial charge >= 0.3 is 0 Å². The molecule has 2 aromatic rings. The molecule has 7 heteroatoms. The minimum absolute atomic E-state index is 0.0502. The zero-order valence-electron chi connectivity index (χ0n) is 18.2. The molecule has 168 valence electrons. The van der Waals surface area contributed by atoms with Gasteiger partial charge in [0.2, 0.25) is 11.8 Å². The van der Waals surface area contributed by atoms with E-state index in [0.717, 1.165) is 37.2 Å². The largest absolute Gasteiger partial charge is 0.490 e. The standard InChI is InChI=1S/C25H29N3O4/c29-23(11-12-24(30)28-15-16-32-22-10-3-2-9-21(22)28)26-18-19-7-6-8-20(17-19)25(31)27-13-4-1-5-14-27/h2-3,6-10,17H,1,4-5,11-16,18H2,(H,26,29). The Morgan fingerprint density at radius 1 is 0.906 bits per heavy atom. The first-order chi connectivity index (χ1) is 15.6. The number of carbonyl (C=O) groups is 3. The van der Waals surface area contributed by atoms with Crippen molar-refractivity contribution in [2.24, 2.45) is 0 Å². The number of benzene rings is 2. The number of piperidine rings is 1. The molecule has 0 bridgehead atoms. The van der Waals surface area contributed by atoms with Gasteiger partial charge in [-0.3, -0.25) is 14.4 Å². The number of nitrogens with zero attached hydrogens (tertiary/aromatic N) is 2. The molecule has 32 heavy (non-hydrogen) atoms. The van der Waals surface area contributed by atoms with Gasteiger partial charge in [0.25, 0.3) is 5.91 Å². The molecule has 0 aromatic heterocycles. The number of hydrogen-bond donors (Lipinski definition) is 1. The summed E-state index contributed by atoms with van der Waals surface area (Å²) in [6.07, 6.45) is 3.53. The SMILES string of the molecule is O=C(CCC(=O)N1CCOc2ccccc21)NCc1cccc(C(=O)N2CCCCC2)c1. The van der Waals surface area contributed by atoms with Crippen LogP contribution in [0.25, 0.3) is 0 Å². The maximum atomic E-state index is 12.7. The average molecular weight is 436 g/mol. The van der Waals surface area contributed by atoms with Crippen LogP contribution in [0, 0.1) is 0 Å². The summed E-state index contributed by atoms with van der Waals surface area (Å²) in [5.41, 5.74) is 2.27. The maximum Gasteiger partial charge on any atom is 0.253 e. The molecule has 0 aliphatic carbocycles. The molecule has 7 nitrogen and oxygen atoms in total. The van der Waals surface area contributed by atoms with Crippen molar-refractivity contribution in [2.75, 3.05) is 31.1 Å². The van der Waals surface area contributed by atoms with Crippen LogP contribution >= 0.6 is 0 Å². The predicted molar refractivity (Wildman–Crippen MR) is 122 cm³/mol. The lowest BCUT2D eigenvalue weighted by Crippen LogP contribution is -2.38. The van der Waals surface area contributed by atoms with E-state index in [4.69, 9.17) is 4.74 Å². The van der Waals surface area contributed by atoms with E-state index < -0.39 is 0 Å². The molecule has 2 aliphatic heterocycles. The number of carbonyl (C=O) groups excluding carboxylic acids is 3. The number of anilines is 1. The average Bonchev–Trinajstić information content (AvgIpc) is 2.86. The number of likely N-dealkylation sites (tertiary alicyclic amines) is 1. The molecular weight excluding hydrogens is 406 g/mol. The summed E-state index contributed by atoms with van der Waals surface area (Å²) in [7, 11) is 0. The highest BCUT2D eigenvalue weighted by molar-refractivity contribution is 5.97. The van der Waals surface area contributed by atoms with E-state index in [1.54, 1.807) is 4.90 Å². The van der Waals surface area contributed by atoms with Crippen molar-refractivity contribution in [3.8, 4) is 5.75 Å². The van der Waals surface area contributed by atoms with Crippen LogP contribution in [-0.2, 0) is 16.1 Å². The van der Waals surface area contributed by atoms with Crippen LogP contribution in [0.5, 0.6) is 5.75 Å². The van der Waals surface area contributed by atoms with Gasteiger partial charge in [0.15, 0.2) is 0 Å². The van der Waals surface area contributed by atoms with Gasteiger partial charge in [-0.2, -0.15) is 0 Å². The van der Waals surface area contributed by atoms with Crippen molar-refractivity contribution in [1.82, 2.24) is 10.2 Å². The first kappa shape index (κ1) is 21.9. The third kappa shape index (κ3) is 5.28. The van der Waals surface area contributed by atoms with Gasteiger partial charge in [0, 0.05) is 38.0 Å². The van der Waals surface area contributed by atoms with Crippen molar-refractivity contribution in [2.45, 2.75) is 38.6 Å². The zero-order chi connectivity index (χ0) is 22.3. The summed E-state index contributed by atoms with van der Waals surface area (Å²) in [5.74, 6) is 0.461. The molecular formula is C25H29N3O4. The topological polar surface area (TPSA) is 79.0 Å². The fourth-order valence-electron chi connectivity index (χ4n) is 4.17. The number of fused-ring (bicyclic) bond motifs is 1. The molecule has 2 aromatic carbocycles. The summed E-state index contributed by atoms with van der Waals surface area (Å²) >= 11 is 0. The second kappa shape index (κ2) is 10.3. The minimum atomic E-state index is -0.187. The highest BCUT2D eigenvalue weighted by Gasteiger charge is 2.23.